The molecule has 6 nitrogen and oxygen atoms in total. The summed E-state index contributed by atoms with van der Waals surface area (Å²) >= 11 is 6.53. The molecule has 0 unspecified atom stereocenters. The van der Waals surface area contributed by atoms with E-state index >= 15 is 0 Å². The van der Waals surface area contributed by atoms with Gasteiger partial charge in [0.15, 0.2) is 0 Å². The van der Waals surface area contributed by atoms with Gasteiger partial charge in [-0.25, -0.2) is 0 Å². The van der Waals surface area contributed by atoms with Crippen molar-refractivity contribution >= 4 is 29.5 Å². The normalized spacial score (nSPS) is 14.9. The molecule has 0 radical (unpaired) electrons. The largest absolute Gasteiger partial charge is 0.338 e. The Kier molecular flexibility index (Phi) is 8.73. The zero-order valence-electron chi connectivity index (χ0n) is 20.1. The highest BCUT2D eigenvalue weighted by Crippen LogP contribution is 2.23. The Labute approximate surface area is 202 Å². The van der Waals surface area contributed by atoms with Crippen LogP contribution in [0.1, 0.15) is 61.6 Å². The van der Waals surface area contributed by atoms with Gasteiger partial charge in [0.05, 0.1) is 5.69 Å². The van der Waals surface area contributed by atoms with Crippen molar-refractivity contribution in [1.29, 1.82) is 0 Å². The summed E-state index contributed by atoms with van der Waals surface area (Å²) in [7, 11) is 0. The number of nitrogens with zero attached hydrogens (tertiary/aromatic N) is 4. The van der Waals surface area contributed by atoms with Crippen molar-refractivity contribution in [2.24, 2.45) is 5.92 Å². The standard InChI is InChI=1S/C26H35ClN4O2/c1-5-15-30(22-13-16-29(17-14-22)26(33)21-9-7-6-8-10-21)24(32)12-11-23-20(4)28-31(25(23)27)18-19(2)3/h6-12,19,22H,5,13-18H2,1-4H3/b12-11+. The average molecular weight is 471 g/mol. The third-order valence-electron chi connectivity index (χ3n) is 6.00. The van der Waals surface area contributed by atoms with Gasteiger partial charge in [-0.2, -0.15) is 5.10 Å². The Morgan fingerprint density at radius 2 is 1.88 bits per heavy atom. The van der Waals surface area contributed by atoms with E-state index in [0.717, 1.165) is 37.1 Å². The van der Waals surface area contributed by atoms with Gasteiger partial charge in [0.1, 0.15) is 5.15 Å². The fourth-order valence-corrected chi connectivity index (χ4v) is 4.64. The van der Waals surface area contributed by atoms with E-state index in [9.17, 15) is 9.59 Å². The minimum Gasteiger partial charge on any atom is -0.338 e. The quantitative estimate of drug-likeness (QED) is 0.507. The first-order chi connectivity index (χ1) is 15.8. The topological polar surface area (TPSA) is 58.4 Å². The van der Waals surface area contributed by atoms with Crippen LogP contribution in [0, 0.1) is 12.8 Å². The van der Waals surface area contributed by atoms with Crippen LogP contribution >= 0.6 is 11.6 Å². The Morgan fingerprint density at radius 3 is 2.48 bits per heavy atom. The summed E-state index contributed by atoms with van der Waals surface area (Å²) in [6.45, 7) is 11.0. The second-order valence-electron chi connectivity index (χ2n) is 9.12. The van der Waals surface area contributed by atoms with Gasteiger partial charge in [-0.15, -0.1) is 0 Å². The number of hydrogen-bond acceptors (Lipinski definition) is 3. The van der Waals surface area contributed by atoms with Crippen LogP contribution in [-0.4, -0.2) is 57.1 Å². The number of benzene rings is 1. The molecule has 1 aliphatic heterocycles. The Hall–Kier alpha value is -2.60. The van der Waals surface area contributed by atoms with Crippen molar-refractivity contribution < 1.29 is 9.59 Å². The fraction of sp³-hybridized carbons (Fsp3) is 0.500. The van der Waals surface area contributed by atoms with Gasteiger partial charge in [-0.1, -0.05) is 50.6 Å². The summed E-state index contributed by atoms with van der Waals surface area (Å²) in [5, 5.41) is 5.09. The minimum atomic E-state index is -0.0169. The summed E-state index contributed by atoms with van der Waals surface area (Å²) in [5.74, 6) is 0.475. The molecule has 0 saturated carbocycles. The number of aryl methyl sites for hydroxylation is 1. The summed E-state index contributed by atoms with van der Waals surface area (Å²) in [6.07, 6.45) is 5.86. The number of halogens is 1. The monoisotopic (exact) mass is 470 g/mol. The zero-order chi connectivity index (χ0) is 24.0. The van der Waals surface area contributed by atoms with Gasteiger partial charge < -0.3 is 9.80 Å². The highest BCUT2D eigenvalue weighted by molar-refractivity contribution is 6.31. The average Bonchev–Trinajstić information content (AvgIpc) is 3.07. The van der Waals surface area contributed by atoms with Crippen LogP contribution < -0.4 is 0 Å². The Balaban J connectivity index is 1.65. The molecule has 1 aliphatic rings. The molecule has 0 bridgehead atoms. The molecule has 0 aliphatic carbocycles. The third-order valence-corrected chi connectivity index (χ3v) is 6.40. The molecule has 1 aromatic heterocycles. The van der Waals surface area contributed by atoms with Crippen LogP contribution in [-0.2, 0) is 11.3 Å². The van der Waals surface area contributed by atoms with Crippen molar-refractivity contribution in [3.8, 4) is 0 Å². The second-order valence-corrected chi connectivity index (χ2v) is 9.48. The van der Waals surface area contributed by atoms with Crippen LogP contribution in [0.25, 0.3) is 6.08 Å². The number of piperidine rings is 1. The lowest BCUT2D eigenvalue weighted by atomic mass is 10.0. The first-order valence-electron chi connectivity index (χ1n) is 11.9. The van der Waals surface area contributed by atoms with Crippen LogP contribution in [0.15, 0.2) is 36.4 Å². The molecule has 1 fully saturated rings. The Morgan fingerprint density at radius 1 is 1.21 bits per heavy atom. The molecule has 178 valence electrons. The van der Waals surface area contributed by atoms with Gasteiger partial charge in [-0.3, -0.25) is 14.3 Å². The lowest BCUT2D eigenvalue weighted by molar-refractivity contribution is -0.129. The minimum absolute atomic E-state index is 0.0169. The lowest BCUT2D eigenvalue weighted by Crippen LogP contribution is -2.48. The van der Waals surface area contributed by atoms with Gasteiger partial charge in [0.25, 0.3) is 5.91 Å². The first kappa shape index (κ1) is 25.0. The summed E-state index contributed by atoms with van der Waals surface area (Å²) in [5.41, 5.74) is 2.33. The van der Waals surface area contributed by atoms with Crippen molar-refractivity contribution in [2.45, 2.75) is 59.5 Å². The molecule has 0 atom stereocenters. The van der Waals surface area contributed by atoms with Crippen molar-refractivity contribution in [3.63, 3.8) is 0 Å². The molecule has 1 saturated heterocycles. The molecular formula is C26H35ClN4O2. The number of amides is 2. The summed E-state index contributed by atoms with van der Waals surface area (Å²) in [6, 6.07) is 9.50. The molecule has 3 rings (SSSR count). The van der Waals surface area contributed by atoms with Crippen molar-refractivity contribution in [1.82, 2.24) is 19.6 Å². The first-order valence-corrected chi connectivity index (χ1v) is 12.3. The number of aromatic nitrogens is 2. The predicted molar refractivity (Wildman–Crippen MR) is 133 cm³/mol. The fourth-order valence-electron chi connectivity index (χ4n) is 4.33. The molecule has 7 heteroatoms. The predicted octanol–water partition coefficient (Wildman–Crippen LogP) is 5.06. The molecule has 2 aromatic rings. The molecule has 2 amide bonds. The maximum Gasteiger partial charge on any atom is 0.253 e. The SMILES string of the molecule is CCCN(C(=O)/C=C/c1c(C)nn(CC(C)C)c1Cl)C1CCN(C(=O)c2ccccc2)CC1. The highest BCUT2D eigenvalue weighted by atomic mass is 35.5. The van der Waals surface area contributed by atoms with E-state index in [-0.39, 0.29) is 17.9 Å². The number of rotatable bonds is 8. The highest BCUT2D eigenvalue weighted by Gasteiger charge is 2.29. The third kappa shape index (κ3) is 6.26. The van der Waals surface area contributed by atoms with E-state index in [1.165, 1.54) is 0 Å². The number of likely N-dealkylation sites (tertiary alicyclic amines) is 1. The molecule has 1 aromatic carbocycles. The number of carbonyl (C=O) groups excluding carboxylic acids is 2. The van der Waals surface area contributed by atoms with Gasteiger partial charge >= 0.3 is 0 Å². The van der Waals surface area contributed by atoms with E-state index in [1.54, 1.807) is 16.8 Å². The zero-order valence-corrected chi connectivity index (χ0v) is 20.9. The van der Waals surface area contributed by atoms with Crippen LogP contribution in [0.5, 0.6) is 0 Å². The maximum atomic E-state index is 13.1. The smallest absolute Gasteiger partial charge is 0.253 e. The van der Waals surface area contributed by atoms with Gasteiger partial charge in [0, 0.05) is 49.4 Å². The molecule has 0 N–H and O–H groups in total. The van der Waals surface area contributed by atoms with Crippen LogP contribution in [0.2, 0.25) is 5.15 Å². The maximum absolute atomic E-state index is 13.1. The van der Waals surface area contributed by atoms with Crippen LogP contribution in [0.4, 0.5) is 0 Å². The molecule has 2 heterocycles. The number of carbonyl (C=O) groups is 2. The van der Waals surface area contributed by atoms with Crippen molar-refractivity contribution in [3.05, 3.63) is 58.4 Å². The van der Waals surface area contributed by atoms with Crippen molar-refractivity contribution in [2.75, 3.05) is 19.6 Å². The van der Waals surface area contributed by atoms with Gasteiger partial charge in [0.2, 0.25) is 5.91 Å². The second kappa shape index (κ2) is 11.5. The van der Waals surface area contributed by atoms with E-state index in [1.807, 2.05) is 47.1 Å². The molecular weight excluding hydrogens is 436 g/mol. The van der Waals surface area contributed by atoms with E-state index < -0.39 is 0 Å². The van der Waals surface area contributed by atoms with Gasteiger partial charge in [-0.05, 0) is 50.3 Å². The molecule has 33 heavy (non-hydrogen) atoms. The lowest BCUT2D eigenvalue weighted by Gasteiger charge is -2.38. The summed E-state index contributed by atoms with van der Waals surface area (Å²) < 4.78 is 1.80. The molecule has 0 spiro atoms. The van der Waals surface area contributed by atoms with E-state index in [0.29, 0.717) is 36.3 Å². The van der Waals surface area contributed by atoms with E-state index in [4.69, 9.17) is 11.6 Å². The van der Waals surface area contributed by atoms with Crippen LogP contribution in [0.3, 0.4) is 0 Å². The summed E-state index contributed by atoms with van der Waals surface area (Å²) in [4.78, 5) is 29.7. The van der Waals surface area contributed by atoms with E-state index in [2.05, 4.69) is 25.9 Å². The number of hydrogen-bond donors (Lipinski definition) is 0. The Bertz CT molecular complexity index is 976.